The van der Waals surface area contributed by atoms with Gasteiger partial charge in [0, 0.05) is 19.8 Å². The summed E-state index contributed by atoms with van der Waals surface area (Å²) in [6, 6.07) is 0. The molecule has 4 aliphatic rings. The molecule has 0 aromatic carbocycles. The molecule has 4 rings (SSSR count). The predicted octanol–water partition coefficient (Wildman–Crippen LogP) is 3.56. The summed E-state index contributed by atoms with van der Waals surface area (Å²) in [7, 11) is 0. The van der Waals surface area contributed by atoms with Gasteiger partial charge in [-0.05, 0) is 62.7 Å². The van der Waals surface area contributed by atoms with Crippen LogP contribution in [-0.4, -0.2) is 28.6 Å². The topological polar surface area (TPSA) is 63.6 Å². The molecule has 138 valence electrons. The molecule has 0 aromatic rings. The number of hydrogen-bond acceptors (Lipinski definition) is 4. The van der Waals surface area contributed by atoms with Crippen molar-refractivity contribution in [1.82, 2.24) is 0 Å². The first-order valence-corrected chi connectivity index (χ1v) is 9.83. The highest BCUT2D eigenvalue weighted by molar-refractivity contribution is 5.88. The van der Waals surface area contributed by atoms with Crippen LogP contribution >= 0.6 is 0 Å². The fourth-order valence-electron chi connectivity index (χ4n) is 6.69. The summed E-state index contributed by atoms with van der Waals surface area (Å²) in [6.45, 7) is 5.81. The number of allylic oxidation sites excluding steroid dienone is 1. The number of esters is 1. The number of carbonyl (C=O) groups excluding carboxylic acids is 2. The second-order valence-electron chi connectivity index (χ2n) is 9.29. The van der Waals surface area contributed by atoms with Crippen molar-refractivity contribution in [2.75, 3.05) is 0 Å². The third-order valence-electron chi connectivity index (χ3n) is 8.29. The van der Waals surface area contributed by atoms with Crippen molar-refractivity contribution in [3.8, 4) is 0 Å². The minimum absolute atomic E-state index is 0.00150. The standard InChI is InChI=1S/C21H30O4/c1-13(22)25-15-6-9-19(2)14(12-15)4-5-17-16(19)7-10-20(3)18(23)8-11-21(17,20)24/h4,15-17,24H,5-12H2,1-3H3/t15?,16-,17-,19+,20-,21-/m1/s1. The van der Waals surface area contributed by atoms with E-state index in [1.165, 1.54) is 12.5 Å². The zero-order chi connectivity index (χ0) is 18.0. The van der Waals surface area contributed by atoms with Crippen molar-refractivity contribution in [1.29, 1.82) is 0 Å². The third-order valence-corrected chi connectivity index (χ3v) is 8.29. The van der Waals surface area contributed by atoms with Crippen LogP contribution in [0.2, 0.25) is 0 Å². The third kappa shape index (κ3) is 2.22. The van der Waals surface area contributed by atoms with Gasteiger partial charge in [-0.2, -0.15) is 0 Å². The normalized spacial score (nSPS) is 48.9. The van der Waals surface area contributed by atoms with Gasteiger partial charge in [0.2, 0.25) is 0 Å². The lowest BCUT2D eigenvalue weighted by Gasteiger charge is -2.59. The molecule has 0 radical (unpaired) electrons. The second-order valence-corrected chi connectivity index (χ2v) is 9.29. The number of aliphatic hydroxyl groups is 1. The SMILES string of the molecule is CC(=O)OC1CC[C@@]2(C)C(=CC[C@@H]3[C@H]2CC[C@]2(C)C(=O)CC[C@@]32O)C1. The van der Waals surface area contributed by atoms with E-state index in [4.69, 9.17) is 4.74 Å². The Kier molecular flexibility index (Phi) is 3.74. The maximum absolute atomic E-state index is 12.5. The molecule has 0 spiro atoms. The van der Waals surface area contributed by atoms with Crippen LogP contribution < -0.4 is 0 Å². The molecule has 1 unspecified atom stereocenters. The largest absolute Gasteiger partial charge is 0.462 e. The van der Waals surface area contributed by atoms with Crippen molar-refractivity contribution in [2.45, 2.75) is 83.8 Å². The Hall–Kier alpha value is -1.16. The summed E-state index contributed by atoms with van der Waals surface area (Å²) < 4.78 is 5.47. The summed E-state index contributed by atoms with van der Waals surface area (Å²) in [5.74, 6) is 0.661. The van der Waals surface area contributed by atoms with E-state index in [1.807, 2.05) is 6.92 Å². The quantitative estimate of drug-likeness (QED) is 0.582. The summed E-state index contributed by atoms with van der Waals surface area (Å²) in [4.78, 5) is 23.8. The van der Waals surface area contributed by atoms with Gasteiger partial charge in [-0.15, -0.1) is 0 Å². The van der Waals surface area contributed by atoms with Gasteiger partial charge in [-0.1, -0.05) is 18.6 Å². The minimum atomic E-state index is -0.842. The van der Waals surface area contributed by atoms with Crippen LogP contribution in [0.25, 0.3) is 0 Å². The van der Waals surface area contributed by atoms with Gasteiger partial charge < -0.3 is 9.84 Å². The molecule has 3 fully saturated rings. The lowest BCUT2D eigenvalue weighted by molar-refractivity contribution is -0.175. The van der Waals surface area contributed by atoms with Crippen molar-refractivity contribution in [3.63, 3.8) is 0 Å². The van der Waals surface area contributed by atoms with E-state index in [1.54, 1.807) is 0 Å². The fraction of sp³-hybridized carbons (Fsp3) is 0.810. The van der Waals surface area contributed by atoms with E-state index < -0.39 is 11.0 Å². The van der Waals surface area contributed by atoms with E-state index in [0.717, 1.165) is 38.5 Å². The number of fused-ring (bicyclic) bond motifs is 5. The van der Waals surface area contributed by atoms with Crippen LogP contribution in [0.1, 0.15) is 72.1 Å². The molecule has 0 amide bonds. The van der Waals surface area contributed by atoms with Gasteiger partial charge in [-0.25, -0.2) is 0 Å². The van der Waals surface area contributed by atoms with Gasteiger partial charge in [0.1, 0.15) is 11.9 Å². The maximum atomic E-state index is 12.5. The summed E-state index contributed by atoms with van der Waals surface area (Å²) in [5.41, 5.74) is 0.0838. The Labute approximate surface area is 150 Å². The smallest absolute Gasteiger partial charge is 0.302 e. The van der Waals surface area contributed by atoms with Crippen molar-refractivity contribution in [2.24, 2.45) is 22.7 Å². The molecule has 6 atom stereocenters. The Morgan fingerprint density at radius 2 is 1.96 bits per heavy atom. The Bertz CT molecular complexity index is 652. The molecule has 25 heavy (non-hydrogen) atoms. The van der Waals surface area contributed by atoms with Gasteiger partial charge in [0.15, 0.2) is 0 Å². The van der Waals surface area contributed by atoms with Gasteiger partial charge in [0.05, 0.1) is 11.0 Å². The minimum Gasteiger partial charge on any atom is -0.462 e. The van der Waals surface area contributed by atoms with Crippen LogP contribution in [0.4, 0.5) is 0 Å². The summed E-state index contributed by atoms with van der Waals surface area (Å²) in [5, 5.41) is 11.6. The van der Waals surface area contributed by atoms with Crippen LogP contribution in [-0.2, 0) is 14.3 Å². The first-order chi connectivity index (χ1) is 11.7. The van der Waals surface area contributed by atoms with E-state index >= 15 is 0 Å². The monoisotopic (exact) mass is 346 g/mol. The number of Topliss-reactive ketones (excluding diaryl/α,β-unsaturated/α-hetero) is 1. The van der Waals surface area contributed by atoms with Crippen LogP contribution in [0.3, 0.4) is 0 Å². The second kappa shape index (κ2) is 5.42. The fourth-order valence-corrected chi connectivity index (χ4v) is 6.69. The molecule has 3 saturated carbocycles. The lowest BCUT2D eigenvalue weighted by Crippen LogP contribution is -2.60. The van der Waals surface area contributed by atoms with Gasteiger partial charge in [0.25, 0.3) is 0 Å². The average molecular weight is 346 g/mol. The highest BCUT2D eigenvalue weighted by Crippen LogP contribution is 2.65. The average Bonchev–Trinajstić information content (AvgIpc) is 2.79. The molecule has 0 aliphatic heterocycles. The Morgan fingerprint density at radius 3 is 2.68 bits per heavy atom. The molecule has 4 nitrogen and oxygen atoms in total. The number of hydrogen-bond donors (Lipinski definition) is 1. The Balaban J connectivity index is 1.65. The number of ketones is 1. The number of carbonyl (C=O) groups is 2. The number of ether oxygens (including phenoxy) is 1. The zero-order valence-electron chi connectivity index (χ0n) is 15.6. The van der Waals surface area contributed by atoms with Crippen LogP contribution in [0.15, 0.2) is 11.6 Å². The number of rotatable bonds is 1. The highest BCUT2D eigenvalue weighted by atomic mass is 16.5. The predicted molar refractivity (Wildman–Crippen MR) is 93.7 cm³/mol. The molecule has 0 aromatic heterocycles. The zero-order valence-corrected chi connectivity index (χ0v) is 15.6. The molecule has 0 saturated heterocycles. The van der Waals surface area contributed by atoms with Crippen molar-refractivity contribution in [3.05, 3.63) is 11.6 Å². The molecule has 1 N–H and O–H groups in total. The maximum Gasteiger partial charge on any atom is 0.302 e. The first-order valence-electron chi connectivity index (χ1n) is 9.83. The van der Waals surface area contributed by atoms with E-state index in [9.17, 15) is 14.7 Å². The van der Waals surface area contributed by atoms with E-state index in [-0.39, 0.29) is 29.2 Å². The van der Waals surface area contributed by atoms with E-state index in [2.05, 4.69) is 13.0 Å². The molecular formula is C21H30O4. The van der Waals surface area contributed by atoms with Gasteiger partial charge in [-0.3, -0.25) is 9.59 Å². The van der Waals surface area contributed by atoms with Crippen molar-refractivity contribution >= 4 is 11.8 Å². The van der Waals surface area contributed by atoms with E-state index in [0.29, 0.717) is 18.8 Å². The summed E-state index contributed by atoms with van der Waals surface area (Å²) in [6.07, 6.45) is 8.83. The highest BCUT2D eigenvalue weighted by Gasteiger charge is 2.66. The molecule has 4 aliphatic carbocycles. The molecule has 0 bridgehead atoms. The summed E-state index contributed by atoms with van der Waals surface area (Å²) >= 11 is 0. The first kappa shape index (κ1) is 17.3. The van der Waals surface area contributed by atoms with Crippen LogP contribution in [0, 0.1) is 22.7 Å². The molecule has 0 heterocycles. The van der Waals surface area contributed by atoms with Crippen molar-refractivity contribution < 1.29 is 19.4 Å². The van der Waals surface area contributed by atoms with Gasteiger partial charge >= 0.3 is 5.97 Å². The Morgan fingerprint density at radius 1 is 1.20 bits per heavy atom. The molecule has 4 heteroatoms. The van der Waals surface area contributed by atoms with Crippen LogP contribution in [0.5, 0.6) is 0 Å². The molecular weight excluding hydrogens is 316 g/mol. The lowest BCUT2D eigenvalue weighted by atomic mass is 9.46.